The fraction of sp³-hybridized carbons (Fsp3) is 0.625. The zero-order valence-electron chi connectivity index (χ0n) is 12.4. The Bertz CT molecular complexity index is 394. The highest BCUT2D eigenvalue weighted by Crippen LogP contribution is 2.21. The van der Waals surface area contributed by atoms with E-state index in [9.17, 15) is 0 Å². The van der Waals surface area contributed by atoms with Gasteiger partial charge in [0.15, 0.2) is 0 Å². The van der Waals surface area contributed by atoms with E-state index >= 15 is 0 Å². The molecule has 1 fully saturated rings. The lowest BCUT2D eigenvalue weighted by Crippen LogP contribution is -2.43. The van der Waals surface area contributed by atoms with Crippen molar-refractivity contribution < 1.29 is 4.74 Å². The summed E-state index contributed by atoms with van der Waals surface area (Å²) in [5.74, 6) is 0.678. The summed E-state index contributed by atoms with van der Waals surface area (Å²) in [5, 5.41) is 3.20. The number of benzene rings is 1. The normalized spacial score (nSPS) is 24.6. The predicted molar refractivity (Wildman–Crippen MR) is 79.1 cm³/mol. The highest BCUT2D eigenvalue weighted by atomic mass is 16.5. The molecular formula is C16H26N2O. The molecule has 1 aliphatic rings. The maximum absolute atomic E-state index is 5.58. The van der Waals surface area contributed by atoms with Gasteiger partial charge in [-0.1, -0.05) is 31.2 Å². The van der Waals surface area contributed by atoms with E-state index in [1.165, 1.54) is 24.1 Å². The molecule has 1 saturated heterocycles. The van der Waals surface area contributed by atoms with E-state index in [2.05, 4.69) is 41.4 Å². The molecule has 1 aromatic rings. The number of piperidine rings is 1. The molecule has 1 heterocycles. The van der Waals surface area contributed by atoms with Crippen LogP contribution in [0, 0.1) is 5.92 Å². The Kier molecular flexibility index (Phi) is 5.37. The summed E-state index contributed by atoms with van der Waals surface area (Å²) in [7, 11) is 3.82. The van der Waals surface area contributed by atoms with Crippen LogP contribution in [0.2, 0.25) is 0 Å². The number of likely N-dealkylation sites (tertiary alicyclic amines) is 1. The van der Waals surface area contributed by atoms with Crippen LogP contribution in [0.5, 0.6) is 0 Å². The van der Waals surface area contributed by atoms with Crippen molar-refractivity contribution in [3.8, 4) is 0 Å². The molecule has 0 saturated carbocycles. The van der Waals surface area contributed by atoms with E-state index in [1.807, 2.05) is 14.2 Å². The van der Waals surface area contributed by atoms with Crippen molar-refractivity contribution in [2.75, 3.05) is 27.2 Å². The molecule has 3 nitrogen and oxygen atoms in total. The molecule has 106 valence electrons. The minimum absolute atomic E-state index is 0.384. The van der Waals surface area contributed by atoms with Gasteiger partial charge < -0.3 is 10.1 Å². The smallest absolute Gasteiger partial charge is 0.0724 e. The maximum Gasteiger partial charge on any atom is 0.0724 e. The van der Waals surface area contributed by atoms with E-state index in [0.717, 1.165) is 19.6 Å². The molecule has 2 rings (SSSR count). The second kappa shape index (κ2) is 7.04. The van der Waals surface area contributed by atoms with Crippen molar-refractivity contribution >= 4 is 0 Å². The minimum Gasteiger partial charge on any atom is -0.380 e. The fourth-order valence-electron chi connectivity index (χ4n) is 2.85. The molecule has 1 aliphatic heterocycles. The molecule has 0 aromatic heterocycles. The SMILES string of the molecule is CNCc1cccc(CN2CCC(C)C(OC)C2)c1. The van der Waals surface area contributed by atoms with E-state index in [0.29, 0.717) is 12.0 Å². The van der Waals surface area contributed by atoms with Gasteiger partial charge in [0.25, 0.3) is 0 Å². The fourth-order valence-corrected chi connectivity index (χ4v) is 2.85. The van der Waals surface area contributed by atoms with Crippen LogP contribution in [0.25, 0.3) is 0 Å². The average Bonchev–Trinajstić information content (AvgIpc) is 2.42. The van der Waals surface area contributed by atoms with Crippen LogP contribution in [0.4, 0.5) is 0 Å². The number of rotatable bonds is 5. The minimum atomic E-state index is 0.384. The Morgan fingerprint density at radius 1 is 1.37 bits per heavy atom. The number of ether oxygens (including phenoxy) is 1. The van der Waals surface area contributed by atoms with Gasteiger partial charge in [-0.15, -0.1) is 0 Å². The van der Waals surface area contributed by atoms with Gasteiger partial charge >= 0.3 is 0 Å². The van der Waals surface area contributed by atoms with Crippen LogP contribution < -0.4 is 5.32 Å². The lowest BCUT2D eigenvalue weighted by molar-refractivity contribution is -0.00745. The van der Waals surface area contributed by atoms with Crippen molar-refractivity contribution in [3.63, 3.8) is 0 Å². The quantitative estimate of drug-likeness (QED) is 0.881. The van der Waals surface area contributed by atoms with Crippen molar-refractivity contribution in [2.24, 2.45) is 5.92 Å². The third-order valence-corrected chi connectivity index (χ3v) is 4.05. The van der Waals surface area contributed by atoms with E-state index in [-0.39, 0.29) is 0 Å². The lowest BCUT2D eigenvalue weighted by Gasteiger charge is -2.36. The zero-order chi connectivity index (χ0) is 13.7. The van der Waals surface area contributed by atoms with Crippen LogP contribution in [-0.4, -0.2) is 38.3 Å². The first kappa shape index (κ1) is 14.5. The average molecular weight is 262 g/mol. The monoisotopic (exact) mass is 262 g/mol. The van der Waals surface area contributed by atoms with E-state index < -0.39 is 0 Å². The summed E-state index contributed by atoms with van der Waals surface area (Å²) in [6, 6.07) is 8.86. The highest BCUT2D eigenvalue weighted by molar-refractivity contribution is 5.23. The molecule has 1 aromatic carbocycles. The first-order valence-electron chi connectivity index (χ1n) is 7.20. The first-order chi connectivity index (χ1) is 9.22. The van der Waals surface area contributed by atoms with Crippen LogP contribution in [0.1, 0.15) is 24.5 Å². The number of hydrogen-bond acceptors (Lipinski definition) is 3. The third kappa shape index (κ3) is 4.03. The summed E-state index contributed by atoms with van der Waals surface area (Å²) in [5.41, 5.74) is 2.76. The standard InChI is InChI=1S/C16H26N2O/c1-13-7-8-18(12-16(13)19-3)11-15-6-4-5-14(9-15)10-17-2/h4-6,9,13,16-17H,7-8,10-12H2,1-3H3. The van der Waals surface area contributed by atoms with Gasteiger partial charge in [-0.05, 0) is 37.1 Å². The van der Waals surface area contributed by atoms with Gasteiger partial charge in [0, 0.05) is 26.7 Å². The molecule has 2 atom stereocenters. The van der Waals surface area contributed by atoms with Crippen molar-refractivity contribution in [3.05, 3.63) is 35.4 Å². The first-order valence-corrected chi connectivity index (χ1v) is 7.20. The van der Waals surface area contributed by atoms with Gasteiger partial charge in [-0.3, -0.25) is 4.90 Å². The van der Waals surface area contributed by atoms with E-state index in [1.54, 1.807) is 0 Å². The van der Waals surface area contributed by atoms with Crippen LogP contribution in [0.3, 0.4) is 0 Å². The molecular weight excluding hydrogens is 236 g/mol. The Hall–Kier alpha value is -0.900. The molecule has 0 radical (unpaired) electrons. The number of hydrogen-bond donors (Lipinski definition) is 1. The maximum atomic E-state index is 5.58. The highest BCUT2D eigenvalue weighted by Gasteiger charge is 2.25. The second-order valence-electron chi connectivity index (χ2n) is 5.63. The lowest BCUT2D eigenvalue weighted by atomic mass is 9.95. The Labute approximate surface area is 116 Å². The van der Waals surface area contributed by atoms with Gasteiger partial charge in [-0.25, -0.2) is 0 Å². The van der Waals surface area contributed by atoms with Crippen molar-refractivity contribution in [1.82, 2.24) is 10.2 Å². The topological polar surface area (TPSA) is 24.5 Å². The third-order valence-electron chi connectivity index (χ3n) is 4.05. The Balaban J connectivity index is 1.95. The molecule has 0 aliphatic carbocycles. The summed E-state index contributed by atoms with van der Waals surface area (Å²) in [4.78, 5) is 2.51. The van der Waals surface area contributed by atoms with Crippen LogP contribution in [-0.2, 0) is 17.8 Å². The van der Waals surface area contributed by atoms with E-state index in [4.69, 9.17) is 4.74 Å². The summed E-state index contributed by atoms with van der Waals surface area (Å²) >= 11 is 0. The molecule has 0 bridgehead atoms. The molecule has 0 amide bonds. The largest absolute Gasteiger partial charge is 0.380 e. The Morgan fingerprint density at radius 2 is 2.16 bits per heavy atom. The van der Waals surface area contributed by atoms with Crippen LogP contribution in [0.15, 0.2) is 24.3 Å². The molecule has 2 unspecified atom stereocenters. The van der Waals surface area contributed by atoms with Crippen LogP contribution >= 0.6 is 0 Å². The summed E-state index contributed by atoms with van der Waals surface area (Å²) in [6.07, 6.45) is 1.61. The zero-order valence-corrected chi connectivity index (χ0v) is 12.4. The number of nitrogens with zero attached hydrogens (tertiary/aromatic N) is 1. The molecule has 0 spiro atoms. The predicted octanol–water partition coefficient (Wildman–Crippen LogP) is 2.26. The summed E-state index contributed by atoms with van der Waals surface area (Å²) in [6.45, 7) is 6.49. The van der Waals surface area contributed by atoms with Gasteiger partial charge in [-0.2, -0.15) is 0 Å². The van der Waals surface area contributed by atoms with Gasteiger partial charge in [0.1, 0.15) is 0 Å². The number of methoxy groups -OCH3 is 1. The molecule has 1 N–H and O–H groups in total. The van der Waals surface area contributed by atoms with Crippen molar-refractivity contribution in [2.45, 2.75) is 32.5 Å². The number of nitrogens with one attached hydrogen (secondary N) is 1. The Morgan fingerprint density at radius 3 is 2.89 bits per heavy atom. The van der Waals surface area contributed by atoms with Crippen molar-refractivity contribution in [1.29, 1.82) is 0 Å². The van der Waals surface area contributed by atoms with Gasteiger partial charge in [0.2, 0.25) is 0 Å². The molecule has 19 heavy (non-hydrogen) atoms. The summed E-state index contributed by atoms with van der Waals surface area (Å²) < 4.78 is 5.58. The van der Waals surface area contributed by atoms with Gasteiger partial charge in [0.05, 0.1) is 6.10 Å². The molecule has 3 heteroatoms. The second-order valence-corrected chi connectivity index (χ2v) is 5.63.